The zero-order chi connectivity index (χ0) is 21.0. The van der Waals surface area contributed by atoms with Crippen LogP contribution in [0.3, 0.4) is 0 Å². The highest BCUT2D eigenvalue weighted by Gasteiger charge is 2.26. The third kappa shape index (κ3) is 4.86. The topological polar surface area (TPSA) is 128 Å². The summed E-state index contributed by atoms with van der Waals surface area (Å²) >= 11 is 7.45. The van der Waals surface area contributed by atoms with Gasteiger partial charge in [-0.25, -0.2) is 4.68 Å². The Bertz CT molecular complexity index is 964. The standard InChI is InChI=1S/C17H18ClN5O5S/c1-28-5-4-19-15(24)7-22-16(11-8-29-9-13(11)21-22)20-17(25)10-2-3-12(18)14(6-10)23(26)27/h2-3,6H,4-5,7-9H2,1H3,(H,19,24)(H,20,25). The Kier molecular flexibility index (Phi) is 6.72. The van der Waals surface area contributed by atoms with Crippen molar-refractivity contribution in [3.05, 3.63) is 50.2 Å². The van der Waals surface area contributed by atoms with Gasteiger partial charge < -0.3 is 15.4 Å². The largest absolute Gasteiger partial charge is 0.383 e. The maximum Gasteiger partial charge on any atom is 0.288 e. The second-order valence-corrected chi connectivity index (χ2v) is 7.54. The van der Waals surface area contributed by atoms with E-state index >= 15 is 0 Å². The number of carbonyl (C=O) groups is 2. The van der Waals surface area contributed by atoms with Crippen molar-refractivity contribution in [2.75, 3.05) is 25.6 Å². The van der Waals surface area contributed by atoms with Crippen LogP contribution in [0.25, 0.3) is 0 Å². The fraction of sp³-hybridized carbons (Fsp3) is 0.353. The summed E-state index contributed by atoms with van der Waals surface area (Å²) in [6.45, 7) is 0.678. The number of rotatable bonds is 8. The lowest BCUT2D eigenvalue weighted by atomic mass is 10.2. The molecule has 0 saturated carbocycles. The number of nitro benzene ring substituents is 1. The van der Waals surface area contributed by atoms with Crippen molar-refractivity contribution in [1.29, 1.82) is 0 Å². The van der Waals surface area contributed by atoms with Crippen LogP contribution in [0.15, 0.2) is 18.2 Å². The molecule has 2 N–H and O–H groups in total. The molecule has 0 unspecified atom stereocenters. The number of nitrogens with zero attached hydrogens (tertiary/aromatic N) is 3. The summed E-state index contributed by atoms with van der Waals surface area (Å²) in [7, 11) is 1.54. The molecule has 1 aromatic heterocycles. The number of ether oxygens (including phenoxy) is 1. The average molecular weight is 440 g/mol. The van der Waals surface area contributed by atoms with Crippen molar-refractivity contribution >= 4 is 46.7 Å². The number of hydrogen-bond donors (Lipinski definition) is 2. The molecule has 0 radical (unpaired) electrons. The van der Waals surface area contributed by atoms with Gasteiger partial charge in [0.1, 0.15) is 17.4 Å². The van der Waals surface area contributed by atoms with E-state index in [0.717, 1.165) is 17.3 Å². The number of methoxy groups -OCH3 is 1. The minimum atomic E-state index is -0.651. The Morgan fingerprint density at radius 2 is 2.21 bits per heavy atom. The Hall–Kier alpha value is -2.63. The second kappa shape index (κ2) is 9.25. The number of carbonyl (C=O) groups excluding carboxylic acids is 2. The molecule has 154 valence electrons. The van der Waals surface area contributed by atoms with Crippen molar-refractivity contribution in [3.63, 3.8) is 0 Å². The van der Waals surface area contributed by atoms with Gasteiger partial charge in [-0.05, 0) is 12.1 Å². The summed E-state index contributed by atoms with van der Waals surface area (Å²) in [5, 5.41) is 20.9. The van der Waals surface area contributed by atoms with Crippen molar-refractivity contribution in [2.24, 2.45) is 0 Å². The van der Waals surface area contributed by atoms with Gasteiger partial charge in [-0.15, -0.1) is 0 Å². The molecule has 0 saturated heterocycles. The van der Waals surface area contributed by atoms with Gasteiger partial charge in [-0.3, -0.25) is 19.7 Å². The molecule has 1 aliphatic rings. The first-order valence-corrected chi connectivity index (χ1v) is 10.1. The van der Waals surface area contributed by atoms with Gasteiger partial charge in [0.2, 0.25) is 5.91 Å². The molecule has 12 heteroatoms. The van der Waals surface area contributed by atoms with E-state index in [1.54, 1.807) is 11.8 Å². The lowest BCUT2D eigenvalue weighted by molar-refractivity contribution is -0.384. The number of amides is 2. The van der Waals surface area contributed by atoms with E-state index in [-0.39, 0.29) is 28.7 Å². The first kappa shape index (κ1) is 21.1. The molecule has 1 aromatic carbocycles. The summed E-state index contributed by atoms with van der Waals surface area (Å²) in [6.07, 6.45) is 0. The molecular formula is C17H18ClN5O5S. The molecule has 2 heterocycles. The number of fused-ring (bicyclic) bond motifs is 1. The molecule has 29 heavy (non-hydrogen) atoms. The minimum absolute atomic E-state index is 0.0541. The number of benzene rings is 1. The lowest BCUT2D eigenvalue weighted by Gasteiger charge is -2.11. The van der Waals surface area contributed by atoms with Crippen molar-refractivity contribution < 1.29 is 19.2 Å². The fourth-order valence-electron chi connectivity index (χ4n) is 2.78. The Morgan fingerprint density at radius 3 is 2.93 bits per heavy atom. The van der Waals surface area contributed by atoms with E-state index in [2.05, 4.69) is 15.7 Å². The molecule has 3 rings (SSSR count). The summed E-state index contributed by atoms with van der Waals surface area (Å²) in [5.41, 5.74) is 1.37. The summed E-state index contributed by atoms with van der Waals surface area (Å²) in [6, 6.07) is 3.82. The third-order valence-corrected chi connectivity index (χ3v) is 5.47. The highest BCUT2D eigenvalue weighted by molar-refractivity contribution is 7.98. The zero-order valence-corrected chi connectivity index (χ0v) is 17.0. The SMILES string of the molecule is COCCNC(=O)Cn1nc2c(c1NC(=O)c1ccc(Cl)c([N+](=O)[O-])c1)CSC2. The number of aromatic nitrogens is 2. The van der Waals surface area contributed by atoms with Crippen LogP contribution in [-0.2, 0) is 27.6 Å². The number of halogens is 1. The van der Waals surface area contributed by atoms with Gasteiger partial charge in [0.15, 0.2) is 0 Å². The summed E-state index contributed by atoms with van der Waals surface area (Å²) in [4.78, 5) is 35.3. The summed E-state index contributed by atoms with van der Waals surface area (Å²) in [5.74, 6) is 0.924. The predicted molar refractivity (Wildman–Crippen MR) is 108 cm³/mol. The van der Waals surface area contributed by atoms with Crippen LogP contribution >= 0.6 is 23.4 Å². The molecule has 0 spiro atoms. The molecule has 10 nitrogen and oxygen atoms in total. The van der Waals surface area contributed by atoms with Crippen LogP contribution in [0.5, 0.6) is 0 Å². The Morgan fingerprint density at radius 1 is 1.41 bits per heavy atom. The van der Waals surface area contributed by atoms with Gasteiger partial charge in [-0.2, -0.15) is 16.9 Å². The molecule has 1 aliphatic heterocycles. The quantitative estimate of drug-likeness (QED) is 0.366. The summed E-state index contributed by atoms with van der Waals surface area (Å²) < 4.78 is 6.34. The molecule has 2 amide bonds. The monoisotopic (exact) mass is 439 g/mol. The van der Waals surface area contributed by atoms with Gasteiger partial charge in [-0.1, -0.05) is 11.6 Å². The van der Waals surface area contributed by atoms with Crippen LogP contribution in [0.4, 0.5) is 11.5 Å². The van der Waals surface area contributed by atoms with E-state index in [1.807, 2.05) is 0 Å². The van der Waals surface area contributed by atoms with Crippen LogP contribution < -0.4 is 10.6 Å². The molecule has 0 aliphatic carbocycles. The van der Waals surface area contributed by atoms with Gasteiger partial charge in [0.05, 0.1) is 17.2 Å². The van der Waals surface area contributed by atoms with Gasteiger partial charge >= 0.3 is 0 Å². The predicted octanol–water partition coefficient (Wildman–Crippen LogP) is 2.21. The highest BCUT2D eigenvalue weighted by atomic mass is 35.5. The zero-order valence-electron chi connectivity index (χ0n) is 15.4. The Balaban J connectivity index is 1.81. The van der Waals surface area contributed by atoms with Crippen LogP contribution in [0, 0.1) is 10.1 Å². The van der Waals surface area contributed by atoms with Crippen molar-refractivity contribution in [2.45, 2.75) is 18.1 Å². The van der Waals surface area contributed by atoms with E-state index < -0.39 is 10.8 Å². The first-order chi connectivity index (χ1) is 13.9. The molecular weight excluding hydrogens is 422 g/mol. The number of thioether (sulfide) groups is 1. The number of nitrogens with one attached hydrogen (secondary N) is 2. The van der Waals surface area contributed by atoms with Crippen molar-refractivity contribution in [1.82, 2.24) is 15.1 Å². The third-order valence-electron chi connectivity index (χ3n) is 4.18. The second-order valence-electron chi connectivity index (χ2n) is 6.14. The lowest BCUT2D eigenvalue weighted by Crippen LogP contribution is -2.31. The molecule has 2 aromatic rings. The highest BCUT2D eigenvalue weighted by Crippen LogP contribution is 2.35. The van der Waals surface area contributed by atoms with Crippen LogP contribution in [-0.4, -0.2) is 46.8 Å². The molecule has 0 bridgehead atoms. The van der Waals surface area contributed by atoms with E-state index in [0.29, 0.717) is 30.5 Å². The normalized spacial score (nSPS) is 12.5. The maximum atomic E-state index is 12.7. The van der Waals surface area contributed by atoms with E-state index in [9.17, 15) is 19.7 Å². The fourth-order valence-corrected chi connectivity index (χ4v) is 4.00. The van der Waals surface area contributed by atoms with Crippen LogP contribution in [0.2, 0.25) is 5.02 Å². The van der Waals surface area contributed by atoms with E-state index in [1.165, 1.54) is 23.9 Å². The number of anilines is 1. The van der Waals surface area contributed by atoms with Gasteiger partial charge in [0, 0.05) is 42.4 Å². The van der Waals surface area contributed by atoms with E-state index in [4.69, 9.17) is 16.3 Å². The van der Waals surface area contributed by atoms with Crippen LogP contribution in [0.1, 0.15) is 21.6 Å². The first-order valence-electron chi connectivity index (χ1n) is 8.58. The Labute approximate surface area is 175 Å². The number of nitro groups is 1. The maximum absolute atomic E-state index is 12.7. The minimum Gasteiger partial charge on any atom is -0.383 e. The number of hydrogen-bond acceptors (Lipinski definition) is 7. The smallest absolute Gasteiger partial charge is 0.288 e. The average Bonchev–Trinajstić information content (AvgIpc) is 3.25. The molecule has 0 atom stereocenters. The van der Waals surface area contributed by atoms with Gasteiger partial charge in [0.25, 0.3) is 11.6 Å². The molecule has 0 fully saturated rings. The van der Waals surface area contributed by atoms with Crippen molar-refractivity contribution in [3.8, 4) is 0 Å².